The molecule has 0 N–H and O–H groups in total. The largest absolute Gasteiger partial charge is 0.311 e. The van der Waals surface area contributed by atoms with Crippen LogP contribution < -0.4 is 37.7 Å². The highest BCUT2D eigenvalue weighted by Crippen LogP contribution is 2.48. The van der Waals surface area contributed by atoms with E-state index < -0.39 is 0 Å². The summed E-state index contributed by atoms with van der Waals surface area (Å²) in [4.78, 5) is 2.56. The molecule has 15 rings (SSSR count). The van der Waals surface area contributed by atoms with Crippen LogP contribution >= 0.6 is 0 Å². The average molecular weight is 702 g/mol. The number of aromatic nitrogens is 1. The number of para-hydroxylation sites is 2. The number of rotatable bonds is 1. The molecule has 0 atom stereocenters. The highest BCUT2D eigenvalue weighted by Gasteiger charge is 2.45. The van der Waals surface area contributed by atoms with Gasteiger partial charge >= 0.3 is 0 Å². The van der Waals surface area contributed by atoms with Crippen molar-refractivity contribution in [2.45, 2.75) is 0 Å². The average Bonchev–Trinajstić information content (AvgIpc) is 3.90. The number of hydrogen-bond donors (Lipinski definition) is 0. The first-order chi connectivity index (χ1) is 27.8. The van der Waals surface area contributed by atoms with Crippen molar-refractivity contribution in [2.75, 3.05) is 4.90 Å². The molecule has 0 radical (unpaired) electrons. The molecule has 56 heavy (non-hydrogen) atoms. The number of benzene rings is 10. The molecule has 4 aliphatic rings. The van der Waals surface area contributed by atoms with Crippen molar-refractivity contribution in [1.82, 2.24) is 4.57 Å². The van der Waals surface area contributed by atoms with Gasteiger partial charge in [0, 0.05) is 49.8 Å². The van der Waals surface area contributed by atoms with Gasteiger partial charge in [0.25, 0.3) is 0 Å². The topological polar surface area (TPSA) is 8.17 Å². The molecule has 1 aromatic heterocycles. The van der Waals surface area contributed by atoms with Gasteiger partial charge in [0.05, 0.1) is 5.52 Å². The predicted octanol–water partition coefficient (Wildman–Crippen LogP) is 8.77. The molecule has 0 fully saturated rings. The number of fused-ring (bicyclic) bond motifs is 16. The molecule has 4 heteroatoms. The maximum atomic E-state index is 2.63. The summed E-state index contributed by atoms with van der Waals surface area (Å²) in [6, 6.07) is 64.8. The lowest BCUT2D eigenvalue weighted by atomic mass is 9.37. The Morgan fingerprint density at radius 1 is 0.375 bits per heavy atom. The first-order valence-electron chi connectivity index (χ1n) is 19.8. The van der Waals surface area contributed by atoms with Crippen molar-refractivity contribution in [2.24, 2.45) is 0 Å². The third kappa shape index (κ3) is 3.10. The van der Waals surface area contributed by atoms with Gasteiger partial charge in [-0.15, -0.1) is 0 Å². The Hall–Kier alpha value is -7.03. The van der Waals surface area contributed by atoms with Crippen molar-refractivity contribution >= 4 is 117 Å². The third-order valence-corrected chi connectivity index (χ3v) is 13.9. The Balaban J connectivity index is 1.11. The van der Waals surface area contributed by atoms with Gasteiger partial charge in [0.2, 0.25) is 13.4 Å². The fourth-order valence-corrected chi connectivity index (χ4v) is 11.9. The molecule has 0 saturated heterocycles. The Kier molecular flexibility index (Phi) is 4.87. The van der Waals surface area contributed by atoms with Gasteiger partial charge in [-0.25, -0.2) is 0 Å². The molecule has 252 valence electrons. The summed E-state index contributed by atoms with van der Waals surface area (Å²) in [7, 11) is 0. The van der Waals surface area contributed by atoms with Crippen LogP contribution in [0.15, 0.2) is 170 Å². The van der Waals surface area contributed by atoms with Crippen LogP contribution in [0.4, 0.5) is 17.1 Å². The molecule has 0 spiro atoms. The zero-order valence-corrected chi connectivity index (χ0v) is 30.2. The van der Waals surface area contributed by atoms with Gasteiger partial charge in [0.1, 0.15) is 0 Å². The van der Waals surface area contributed by atoms with Crippen molar-refractivity contribution in [1.29, 1.82) is 0 Å². The minimum atomic E-state index is 0.176. The van der Waals surface area contributed by atoms with E-state index in [1.165, 1.54) is 132 Å². The van der Waals surface area contributed by atoms with Crippen LogP contribution in [0.2, 0.25) is 0 Å². The summed E-state index contributed by atoms with van der Waals surface area (Å²) in [6.07, 6.45) is 0. The molecule has 0 aliphatic carbocycles. The van der Waals surface area contributed by atoms with Crippen molar-refractivity contribution in [3.05, 3.63) is 170 Å². The maximum absolute atomic E-state index is 2.63. The van der Waals surface area contributed by atoms with Gasteiger partial charge in [-0.05, 0) is 89.9 Å². The first-order valence-corrected chi connectivity index (χ1v) is 19.8. The van der Waals surface area contributed by atoms with Crippen LogP contribution in [-0.2, 0) is 0 Å². The molecular formula is C52H28B2N2. The SMILES string of the molecule is c1ccc(N2c3cccc4c3B(c3ccccc3-4)c3cc4ccc5c6c(cc7ccc(c32)c4c75)B2c3ccccc3-c3ccc4c5ccccc5n-6c4c32)cc1. The van der Waals surface area contributed by atoms with Gasteiger partial charge in [-0.2, -0.15) is 0 Å². The van der Waals surface area contributed by atoms with Crippen LogP contribution in [0.5, 0.6) is 0 Å². The summed E-state index contributed by atoms with van der Waals surface area (Å²) >= 11 is 0. The highest BCUT2D eigenvalue weighted by atomic mass is 15.2. The molecule has 0 unspecified atom stereocenters. The van der Waals surface area contributed by atoms with E-state index in [1.807, 2.05) is 0 Å². The lowest BCUT2D eigenvalue weighted by molar-refractivity contribution is 1.21. The van der Waals surface area contributed by atoms with E-state index in [0.29, 0.717) is 0 Å². The number of anilines is 3. The Bertz CT molecular complexity index is 3620. The first kappa shape index (κ1) is 28.4. The van der Waals surface area contributed by atoms with Crippen LogP contribution in [-0.4, -0.2) is 18.0 Å². The van der Waals surface area contributed by atoms with Crippen molar-refractivity contribution < 1.29 is 0 Å². The van der Waals surface area contributed by atoms with Crippen LogP contribution in [0.1, 0.15) is 0 Å². The molecule has 5 heterocycles. The maximum Gasteiger partial charge on any atom is 0.248 e. The quantitative estimate of drug-likeness (QED) is 0.123. The molecular weight excluding hydrogens is 674 g/mol. The minimum absolute atomic E-state index is 0.176. The molecule has 4 aliphatic heterocycles. The fourth-order valence-electron chi connectivity index (χ4n) is 11.9. The summed E-state index contributed by atoms with van der Waals surface area (Å²) in [5, 5.41) is 10.6. The standard InChI is InChI=1S/C52H28B2N2/c1-2-11-31(12-3-1)55-45-20-10-16-35-32-13-4-7-17-40(32)53(48(35)45)42-27-29-22-24-39-47-30(21-23-38(46(29)47)50(42)55)28-43-51(39)56-44-19-9-6-15-34(44)37-26-25-36-33-14-5-8-18-41(33)54(43)49(36)52(37)56/h1-28H. The third-order valence-electron chi connectivity index (χ3n) is 13.9. The van der Waals surface area contributed by atoms with Gasteiger partial charge < -0.3 is 9.47 Å². The number of nitrogens with zero attached hydrogens (tertiary/aromatic N) is 2. The van der Waals surface area contributed by atoms with E-state index in [-0.39, 0.29) is 13.4 Å². The second-order valence-corrected chi connectivity index (χ2v) is 16.3. The van der Waals surface area contributed by atoms with E-state index in [1.54, 1.807) is 0 Å². The Morgan fingerprint density at radius 3 is 1.73 bits per heavy atom. The second-order valence-electron chi connectivity index (χ2n) is 16.3. The van der Waals surface area contributed by atoms with Gasteiger partial charge in [-0.1, -0.05) is 157 Å². The van der Waals surface area contributed by atoms with Crippen LogP contribution in [0, 0.1) is 0 Å². The van der Waals surface area contributed by atoms with Crippen molar-refractivity contribution in [3.8, 4) is 27.9 Å². The predicted molar refractivity (Wildman–Crippen MR) is 239 cm³/mol. The molecule has 2 nitrogen and oxygen atoms in total. The van der Waals surface area contributed by atoms with E-state index in [2.05, 4.69) is 179 Å². The minimum Gasteiger partial charge on any atom is -0.311 e. The summed E-state index contributed by atoms with van der Waals surface area (Å²) < 4.78 is 2.63. The highest BCUT2D eigenvalue weighted by molar-refractivity contribution is 7.02. The summed E-state index contributed by atoms with van der Waals surface area (Å²) in [6.45, 7) is 0.364. The van der Waals surface area contributed by atoms with E-state index in [0.717, 1.165) is 0 Å². The fraction of sp³-hybridized carbons (Fsp3) is 0. The number of hydrogen-bond acceptors (Lipinski definition) is 1. The molecule has 10 aromatic carbocycles. The zero-order chi connectivity index (χ0) is 36.0. The second kappa shape index (κ2) is 9.60. The monoisotopic (exact) mass is 702 g/mol. The van der Waals surface area contributed by atoms with Crippen molar-refractivity contribution in [3.63, 3.8) is 0 Å². The lowest BCUT2D eigenvalue weighted by Gasteiger charge is -2.37. The van der Waals surface area contributed by atoms with Gasteiger partial charge in [-0.3, -0.25) is 0 Å². The van der Waals surface area contributed by atoms with E-state index in [9.17, 15) is 0 Å². The molecule has 11 aromatic rings. The van der Waals surface area contributed by atoms with E-state index in [4.69, 9.17) is 0 Å². The lowest BCUT2D eigenvalue weighted by Crippen LogP contribution is -2.54. The summed E-state index contributed by atoms with van der Waals surface area (Å²) in [5.74, 6) is 0. The normalized spacial score (nSPS) is 14.0. The van der Waals surface area contributed by atoms with Gasteiger partial charge in [0.15, 0.2) is 0 Å². The molecule has 0 saturated carbocycles. The molecule has 0 bridgehead atoms. The zero-order valence-electron chi connectivity index (χ0n) is 30.2. The smallest absolute Gasteiger partial charge is 0.248 e. The summed E-state index contributed by atoms with van der Waals surface area (Å²) in [5.41, 5.74) is 21.7. The Morgan fingerprint density at radius 2 is 0.964 bits per heavy atom. The van der Waals surface area contributed by atoms with Crippen LogP contribution in [0.3, 0.4) is 0 Å². The van der Waals surface area contributed by atoms with E-state index >= 15 is 0 Å². The Labute approximate surface area is 323 Å². The molecule has 0 amide bonds. The van der Waals surface area contributed by atoms with Crippen LogP contribution in [0.25, 0.3) is 82.1 Å².